The highest BCUT2D eigenvalue weighted by Crippen LogP contribution is 2.27. The van der Waals surface area contributed by atoms with Gasteiger partial charge in [0.05, 0.1) is 19.8 Å². The zero-order valence-corrected chi connectivity index (χ0v) is 13.7. The summed E-state index contributed by atoms with van der Waals surface area (Å²) in [6.45, 7) is 2.06. The van der Waals surface area contributed by atoms with Crippen molar-refractivity contribution in [2.45, 2.75) is 0 Å². The molecule has 0 saturated carbocycles. The predicted molar refractivity (Wildman–Crippen MR) is 93.8 cm³/mol. The molecule has 2 aromatic carbocycles. The first-order valence-corrected chi connectivity index (χ1v) is 8.26. The standard InChI is InChI=1S/C18H18O4S/c1-20-8-9-21-10-11-22-13-6-7-17-15(12-13)18(19)14-4-2-3-5-16(14)23-17/h2-7,12H,8-11H2,1H3. The lowest BCUT2D eigenvalue weighted by Gasteiger charge is -2.08. The summed E-state index contributed by atoms with van der Waals surface area (Å²) in [5, 5.41) is 1.46. The fourth-order valence-corrected chi connectivity index (χ4v) is 3.39. The Labute approximate surface area is 138 Å². The monoisotopic (exact) mass is 330 g/mol. The molecule has 0 aliphatic heterocycles. The second-order valence-corrected chi connectivity index (χ2v) is 6.12. The van der Waals surface area contributed by atoms with Gasteiger partial charge in [-0.15, -0.1) is 11.3 Å². The quantitative estimate of drug-likeness (QED) is 0.492. The van der Waals surface area contributed by atoms with Crippen LogP contribution in [0.3, 0.4) is 0 Å². The summed E-state index contributed by atoms with van der Waals surface area (Å²) in [4.78, 5) is 12.6. The maximum absolute atomic E-state index is 12.6. The van der Waals surface area contributed by atoms with Crippen LogP contribution in [0.1, 0.15) is 0 Å². The molecule has 0 spiro atoms. The minimum absolute atomic E-state index is 0.0520. The van der Waals surface area contributed by atoms with Gasteiger partial charge in [-0.05, 0) is 30.3 Å². The van der Waals surface area contributed by atoms with E-state index in [0.29, 0.717) is 37.6 Å². The second-order valence-electron chi connectivity index (χ2n) is 5.04. The zero-order chi connectivity index (χ0) is 16.1. The molecule has 0 amide bonds. The highest BCUT2D eigenvalue weighted by atomic mass is 32.1. The van der Waals surface area contributed by atoms with E-state index in [2.05, 4.69) is 0 Å². The van der Waals surface area contributed by atoms with E-state index in [-0.39, 0.29) is 5.43 Å². The summed E-state index contributed by atoms with van der Waals surface area (Å²) < 4.78 is 17.9. The molecular weight excluding hydrogens is 312 g/mol. The van der Waals surface area contributed by atoms with E-state index in [9.17, 15) is 4.79 Å². The molecule has 0 saturated heterocycles. The first-order valence-electron chi connectivity index (χ1n) is 7.44. The van der Waals surface area contributed by atoms with E-state index in [1.807, 2.05) is 42.5 Å². The highest BCUT2D eigenvalue weighted by Gasteiger charge is 2.06. The van der Waals surface area contributed by atoms with Crippen LogP contribution < -0.4 is 10.2 Å². The lowest BCUT2D eigenvalue weighted by Crippen LogP contribution is -2.10. The van der Waals surface area contributed by atoms with Crippen molar-refractivity contribution in [3.63, 3.8) is 0 Å². The minimum atomic E-state index is 0.0520. The number of hydrogen-bond donors (Lipinski definition) is 0. The molecule has 1 aromatic heterocycles. The number of ether oxygens (including phenoxy) is 3. The molecule has 0 aliphatic carbocycles. The molecule has 0 atom stereocenters. The Balaban J connectivity index is 1.77. The summed E-state index contributed by atoms with van der Waals surface area (Å²) in [5.74, 6) is 0.687. The second kappa shape index (κ2) is 7.55. The normalized spacial score (nSPS) is 11.2. The maximum atomic E-state index is 12.6. The molecule has 3 aromatic rings. The summed E-state index contributed by atoms with van der Waals surface area (Å²) in [6.07, 6.45) is 0. The molecule has 0 aliphatic rings. The van der Waals surface area contributed by atoms with E-state index in [1.54, 1.807) is 18.4 Å². The van der Waals surface area contributed by atoms with Gasteiger partial charge in [0.2, 0.25) is 0 Å². The SMILES string of the molecule is COCCOCCOc1ccc2sc3ccccc3c(=O)c2c1. The third kappa shape index (κ3) is 3.69. The number of hydrogen-bond acceptors (Lipinski definition) is 5. The Morgan fingerprint density at radius 1 is 0.913 bits per heavy atom. The van der Waals surface area contributed by atoms with Crippen molar-refractivity contribution in [3.05, 3.63) is 52.7 Å². The summed E-state index contributed by atoms with van der Waals surface area (Å²) in [6, 6.07) is 13.3. The average Bonchev–Trinajstić information content (AvgIpc) is 2.59. The van der Waals surface area contributed by atoms with Gasteiger partial charge >= 0.3 is 0 Å². The lowest BCUT2D eigenvalue weighted by molar-refractivity contribution is 0.0544. The summed E-state index contributed by atoms with van der Waals surface area (Å²) in [7, 11) is 1.64. The van der Waals surface area contributed by atoms with Gasteiger partial charge in [-0.25, -0.2) is 0 Å². The van der Waals surface area contributed by atoms with E-state index in [1.165, 1.54) is 0 Å². The van der Waals surface area contributed by atoms with Crippen molar-refractivity contribution in [1.29, 1.82) is 0 Å². The van der Waals surface area contributed by atoms with Gasteiger partial charge in [0.25, 0.3) is 0 Å². The van der Waals surface area contributed by atoms with E-state index >= 15 is 0 Å². The Bertz CT molecular complexity index is 856. The number of benzene rings is 2. The smallest absolute Gasteiger partial charge is 0.196 e. The van der Waals surface area contributed by atoms with Crippen LogP contribution >= 0.6 is 11.3 Å². The fourth-order valence-electron chi connectivity index (χ4n) is 2.33. The van der Waals surface area contributed by atoms with Crippen molar-refractivity contribution in [2.24, 2.45) is 0 Å². The van der Waals surface area contributed by atoms with Crippen molar-refractivity contribution in [2.75, 3.05) is 33.5 Å². The molecule has 23 heavy (non-hydrogen) atoms. The Kier molecular flexibility index (Phi) is 5.23. The van der Waals surface area contributed by atoms with Gasteiger partial charge in [-0.1, -0.05) is 12.1 Å². The minimum Gasteiger partial charge on any atom is -0.491 e. The molecule has 0 unspecified atom stereocenters. The van der Waals surface area contributed by atoms with Crippen molar-refractivity contribution in [1.82, 2.24) is 0 Å². The molecular formula is C18H18O4S. The number of fused-ring (bicyclic) bond motifs is 2. The maximum Gasteiger partial charge on any atom is 0.196 e. The molecule has 3 rings (SSSR count). The Morgan fingerprint density at radius 3 is 2.57 bits per heavy atom. The third-order valence-corrected chi connectivity index (χ3v) is 4.63. The topological polar surface area (TPSA) is 44.8 Å². The number of methoxy groups -OCH3 is 1. The van der Waals surface area contributed by atoms with Crippen LogP contribution in [0.15, 0.2) is 47.3 Å². The van der Waals surface area contributed by atoms with Gasteiger partial charge in [0, 0.05) is 27.3 Å². The first kappa shape index (κ1) is 15.9. The van der Waals surface area contributed by atoms with Crippen LogP contribution in [0, 0.1) is 0 Å². The molecule has 0 radical (unpaired) electrons. The van der Waals surface area contributed by atoms with Crippen LogP contribution in [0.2, 0.25) is 0 Å². The predicted octanol–water partition coefficient (Wildman–Crippen LogP) is 3.46. The summed E-state index contributed by atoms with van der Waals surface area (Å²) >= 11 is 1.62. The molecule has 0 N–H and O–H groups in total. The summed E-state index contributed by atoms with van der Waals surface area (Å²) in [5.41, 5.74) is 0.0520. The van der Waals surface area contributed by atoms with Gasteiger partial charge in [-0.2, -0.15) is 0 Å². The van der Waals surface area contributed by atoms with Crippen molar-refractivity contribution < 1.29 is 14.2 Å². The largest absolute Gasteiger partial charge is 0.491 e. The molecule has 4 nitrogen and oxygen atoms in total. The molecule has 120 valence electrons. The van der Waals surface area contributed by atoms with Crippen LogP contribution in [0.25, 0.3) is 20.2 Å². The molecule has 0 bridgehead atoms. The number of rotatable bonds is 7. The van der Waals surface area contributed by atoms with Gasteiger partial charge < -0.3 is 14.2 Å². The molecule has 5 heteroatoms. The van der Waals surface area contributed by atoms with Gasteiger partial charge in [0.15, 0.2) is 5.43 Å². The van der Waals surface area contributed by atoms with Gasteiger partial charge in [-0.3, -0.25) is 4.79 Å². The highest BCUT2D eigenvalue weighted by molar-refractivity contribution is 7.24. The lowest BCUT2D eigenvalue weighted by atomic mass is 10.2. The van der Waals surface area contributed by atoms with Crippen LogP contribution in [0.4, 0.5) is 0 Å². The van der Waals surface area contributed by atoms with Crippen LogP contribution in [-0.4, -0.2) is 33.5 Å². The fraction of sp³-hybridized carbons (Fsp3) is 0.278. The van der Waals surface area contributed by atoms with E-state index in [0.717, 1.165) is 14.8 Å². The Morgan fingerprint density at radius 2 is 1.70 bits per heavy atom. The van der Waals surface area contributed by atoms with E-state index < -0.39 is 0 Å². The van der Waals surface area contributed by atoms with Gasteiger partial charge in [0.1, 0.15) is 12.4 Å². The first-order chi connectivity index (χ1) is 11.3. The Hall–Kier alpha value is -1.95. The zero-order valence-electron chi connectivity index (χ0n) is 12.9. The van der Waals surface area contributed by atoms with Crippen LogP contribution in [-0.2, 0) is 9.47 Å². The molecule has 0 fully saturated rings. The average molecular weight is 330 g/mol. The van der Waals surface area contributed by atoms with E-state index in [4.69, 9.17) is 14.2 Å². The molecule has 1 heterocycles. The van der Waals surface area contributed by atoms with Crippen molar-refractivity contribution >= 4 is 31.5 Å². The third-order valence-electron chi connectivity index (χ3n) is 3.48. The van der Waals surface area contributed by atoms with Crippen molar-refractivity contribution in [3.8, 4) is 5.75 Å². The van der Waals surface area contributed by atoms with Crippen LogP contribution in [0.5, 0.6) is 5.75 Å².